The maximum Gasteiger partial charge on any atom is 0.222 e. The van der Waals surface area contributed by atoms with E-state index in [1.54, 1.807) is 16.2 Å². The van der Waals surface area contributed by atoms with Crippen molar-refractivity contribution in [3.63, 3.8) is 0 Å². The molecule has 0 aliphatic carbocycles. The zero-order valence-electron chi connectivity index (χ0n) is 8.56. The number of likely N-dealkylation sites (tertiary alicyclic amines) is 1. The lowest BCUT2D eigenvalue weighted by Crippen LogP contribution is -2.38. The lowest BCUT2D eigenvalue weighted by Gasteiger charge is -2.28. The van der Waals surface area contributed by atoms with Crippen LogP contribution in [0.1, 0.15) is 30.9 Å². The number of aliphatic hydroxyl groups is 1. The molecular weight excluding hydrogens is 210 g/mol. The van der Waals surface area contributed by atoms with Gasteiger partial charge in [0.2, 0.25) is 5.91 Å². The molecule has 4 heteroatoms. The third kappa shape index (κ3) is 2.58. The number of carbonyl (C=O) groups is 1. The van der Waals surface area contributed by atoms with Gasteiger partial charge in [0.25, 0.3) is 0 Å². The largest absolute Gasteiger partial charge is 0.387 e. The molecule has 1 atom stereocenters. The quantitative estimate of drug-likeness (QED) is 0.852. The molecule has 2 heterocycles. The van der Waals surface area contributed by atoms with Gasteiger partial charge in [0.1, 0.15) is 0 Å². The van der Waals surface area contributed by atoms with Gasteiger partial charge in [-0.1, -0.05) is 0 Å². The molecule has 0 aromatic carbocycles. The molecule has 1 unspecified atom stereocenters. The minimum atomic E-state index is -0.529. The molecule has 2 rings (SSSR count). The summed E-state index contributed by atoms with van der Waals surface area (Å²) in [6, 6.07) is 1.91. The van der Waals surface area contributed by atoms with Gasteiger partial charge in [0.15, 0.2) is 0 Å². The Kier molecular flexibility index (Phi) is 3.38. The van der Waals surface area contributed by atoms with Crippen LogP contribution in [0.15, 0.2) is 16.8 Å². The van der Waals surface area contributed by atoms with E-state index in [4.69, 9.17) is 0 Å². The molecule has 0 saturated carbocycles. The summed E-state index contributed by atoms with van der Waals surface area (Å²) in [7, 11) is 0. The second kappa shape index (κ2) is 4.77. The molecule has 3 nitrogen and oxygen atoms in total. The molecule has 1 amide bonds. The van der Waals surface area contributed by atoms with Crippen molar-refractivity contribution < 1.29 is 9.90 Å². The Labute approximate surface area is 93.3 Å². The lowest BCUT2D eigenvalue weighted by molar-refractivity contribution is -0.134. The maximum absolute atomic E-state index is 11.5. The van der Waals surface area contributed by atoms with Crippen LogP contribution >= 0.6 is 11.3 Å². The molecule has 1 saturated heterocycles. The lowest BCUT2D eigenvalue weighted by atomic mass is 10.1. The average Bonchev–Trinajstić information content (AvgIpc) is 2.74. The second-order valence-electron chi connectivity index (χ2n) is 3.87. The Bertz CT molecular complexity index is 323. The SMILES string of the molecule is O=C1CCCCN1CC(O)c1ccsc1. The smallest absolute Gasteiger partial charge is 0.222 e. The maximum atomic E-state index is 11.5. The summed E-state index contributed by atoms with van der Waals surface area (Å²) in [4.78, 5) is 13.3. The Morgan fingerprint density at radius 3 is 3.07 bits per heavy atom. The number of thiophene rings is 1. The van der Waals surface area contributed by atoms with Crippen LogP contribution in [0.2, 0.25) is 0 Å². The highest BCUT2D eigenvalue weighted by atomic mass is 32.1. The Hall–Kier alpha value is -0.870. The standard InChI is InChI=1S/C11H15NO2S/c13-10(9-4-6-15-8-9)7-12-5-2-1-3-11(12)14/h4,6,8,10,13H,1-3,5,7H2. The first-order valence-electron chi connectivity index (χ1n) is 5.25. The van der Waals surface area contributed by atoms with E-state index in [1.807, 2.05) is 16.8 Å². The van der Waals surface area contributed by atoms with Crippen LogP contribution in [0.25, 0.3) is 0 Å². The van der Waals surface area contributed by atoms with Crippen LogP contribution in [-0.4, -0.2) is 29.0 Å². The number of aliphatic hydroxyl groups excluding tert-OH is 1. The number of rotatable bonds is 3. The van der Waals surface area contributed by atoms with E-state index in [-0.39, 0.29) is 5.91 Å². The van der Waals surface area contributed by atoms with E-state index < -0.39 is 6.10 Å². The van der Waals surface area contributed by atoms with Crippen molar-refractivity contribution in [1.29, 1.82) is 0 Å². The highest BCUT2D eigenvalue weighted by Gasteiger charge is 2.21. The topological polar surface area (TPSA) is 40.5 Å². The van der Waals surface area contributed by atoms with E-state index in [1.165, 1.54) is 0 Å². The molecule has 0 radical (unpaired) electrons. The summed E-state index contributed by atoms with van der Waals surface area (Å²) in [5, 5.41) is 13.8. The predicted octanol–water partition coefficient (Wildman–Crippen LogP) is 1.79. The van der Waals surface area contributed by atoms with Crippen molar-refractivity contribution in [2.45, 2.75) is 25.4 Å². The Morgan fingerprint density at radius 2 is 2.40 bits per heavy atom. The van der Waals surface area contributed by atoms with Crippen LogP contribution < -0.4 is 0 Å². The Balaban J connectivity index is 1.93. The van der Waals surface area contributed by atoms with Crippen LogP contribution in [0.5, 0.6) is 0 Å². The summed E-state index contributed by atoms with van der Waals surface area (Å²) < 4.78 is 0. The minimum Gasteiger partial charge on any atom is -0.387 e. The van der Waals surface area contributed by atoms with E-state index in [2.05, 4.69) is 0 Å². The molecule has 15 heavy (non-hydrogen) atoms. The average molecular weight is 225 g/mol. The van der Waals surface area contributed by atoms with Crippen molar-refractivity contribution in [3.05, 3.63) is 22.4 Å². The van der Waals surface area contributed by atoms with Gasteiger partial charge in [-0.05, 0) is 35.2 Å². The molecule has 1 aromatic heterocycles. The second-order valence-corrected chi connectivity index (χ2v) is 4.65. The van der Waals surface area contributed by atoms with Gasteiger partial charge >= 0.3 is 0 Å². The molecule has 0 spiro atoms. The molecule has 1 aromatic rings. The summed E-state index contributed by atoms with van der Waals surface area (Å²) in [6.45, 7) is 1.23. The highest BCUT2D eigenvalue weighted by molar-refractivity contribution is 7.07. The molecule has 1 fully saturated rings. The van der Waals surface area contributed by atoms with Crippen molar-refractivity contribution in [3.8, 4) is 0 Å². The minimum absolute atomic E-state index is 0.176. The zero-order valence-corrected chi connectivity index (χ0v) is 9.37. The van der Waals surface area contributed by atoms with Gasteiger partial charge in [-0.25, -0.2) is 0 Å². The third-order valence-electron chi connectivity index (χ3n) is 2.74. The van der Waals surface area contributed by atoms with Crippen LogP contribution in [0.3, 0.4) is 0 Å². The summed E-state index contributed by atoms with van der Waals surface area (Å²) in [5.74, 6) is 0.176. The molecule has 1 aliphatic rings. The van der Waals surface area contributed by atoms with E-state index >= 15 is 0 Å². The first-order valence-corrected chi connectivity index (χ1v) is 6.19. The van der Waals surface area contributed by atoms with Gasteiger partial charge in [-0.3, -0.25) is 4.79 Å². The van der Waals surface area contributed by atoms with E-state index in [0.29, 0.717) is 13.0 Å². The number of amides is 1. The first-order chi connectivity index (χ1) is 7.27. The normalized spacial score (nSPS) is 19.3. The summed E-state index contributed by atoms with van der Waals surface area (Å²) in [6.07, 6.45) is 2.15. The van der Waals surface area contributed by atoms with Gasteiger partial charge < -0.3 is 10.0 Å². The van der Waals surface area contributed by atoms with Gasteiger partial charge in [0.05, 0.1) is 12.6 Å². The molecule has 1 aliphatic heterocycles. The number of hydrogen-bond donors (Lipinski definition) is 1. The number of nitrogens with zero attached hydrogens (tertiary/aromatic N) is 1. The monoisotopic (exact) mass is 225 g/mol. The van der Waals surface area contributed by atoms with E-state index in [0.717, 1.165) is 24.9 Å². The third-order valence-corrected chi connectivity index (χ3v) is 3.44. The summed E-state index contributed by atoms with van der Waals surface area (Å²) in [5.41, 5.74) is 0.915. The van der Waals surface area contributed by atoms with E-state index in [9.17, 15) is 9.90 Å². The highest BCUT2D eigenvalue weighted by Crippen LogP contribution is 2.19. The molecule has 0 bridgehead atoms. The van der Waals surface area contributed by atoms with Crippen molar-refractivity contribution >= 4 is 17.2 Å². The number of β-amino-alcohol motifs (C(OH)–C–C–N with tert-alkyl or cyclic N) is 1. The number of piperidine rings is 1. The molecular formula is C11H15NO2S. The molecule has 1 N–H and O–H groups in total. The molecule has 82 valence electrons. The number of carbonyl (C=O) groups excluding carboxylic acids is 1. The number of hydrogen-bond acceptors (Lipinski definition) is 3. The fourth-order valence-corrected chi connectivity index (χ4v) is 2.54. The fourth-order valence-electron chi connectivity index (χ4n) is 1.83. The first kappa shape index (κ1) is 10.6. The summed E-state index contributed by atoms with van der Waals surface area (Å²) >= 11 is 1.57. The van der Waals surface area contributed by atoms with Crippen LogP contribution in [-0.2, 0) is 4.79 Å². The van der Waals surface area contributed by atoms with Crippen molar-refractivity contribution in [2.24, 2.45) is 0 Å². The van der Waals surface area contributed by atoms with Crippen molar-refractivity contribution in [2.75, 3.05) is 13.1 Å². The van der Waals surface area contributed by atoms with Crippen LogP contribution in [0.4, 0.5) is 0 Å². The van der Waals surface area contributed by atoms with Crippen molar-refractivity contribution in [1.82, 2.24) is 4.90 Å². The predicted molar refractivity (Wildman–Crippen MR) is 59.7 cm³/mol. The van der Waals surface area contributed by atoms with Gasteiger partial charge in [-0.15, -0.1) is 0 Å². The zero-order chi connectivity index (χ0) is 10.7. The van der Waals surface area contributed by atoms with Crippen LogP contribution in [0, 0.1) is 0 Å². The Morgan fingerprint density at radius 1 is 1.53 bits per heavy atom. The van der Waals surface area contributed by atoms with Gasteiger partial charge in [0, 0.05) is 13.0 Å². The van der Waals surface area contributed by atoms with Gasteiger partial charge in [-0.2, -0.15) is 11.3 Å². The fraction of sp³-hybridized carbons (Fsp3) is 0.545.